The maximum Gasteiger partial charge on any atom is 0.282 e. The number of hydrogen-bond acceptors (Lipinski definition) is 5. The number of halogens is 1. The number of likely N-dealkylation sites (N-methyl/N-ethyl adjacent to an activating group) is 1. The second-order valence-corrected chi connectivity index (χ2v) is 6.43. The number of methoxy groups -OCH3 is 1. The number of carbonyl (C=O) groups excluding carboxylic acids is 2. The Bertz CT molecular complexity index is 926. The number of amides is 2. The van der Waals surface area contributed by atoms with Crippen molar-refractivity contribution in [1.82, 2.24) is 4.90 Å². The first-order valence-corrected chi connectivity index (χ1v) is 8.71. The number of nitrogens with zero attached hydrogens (tertiary/aromatic N) is 2. The van der Waals surface area contributed by atoms with Gasteiger partial charge in [-0.1, -0.05) is 35.9 Å². The molecule has 0 saturated carbocycles. The third kappa shape index (κ3) is 3.41. The maximum atomic E-state index is 13.3. The van der Waals surface area contributed by atoms with Crippen LogP contribution in [-0.4, -0.2) is 49.1 Å². The minimum Gasteiger partial charge on any atom is -0.496 e. The van der Waals surface area contributed by atoms with Gasteiger partial charge in [0.2, 0.25) is 0 Å². The summed E-state index contributed by atoms with van der Waals surface area (Å²) in [6.07, 6.45) is 0. The number of aliphatic hydroxyl groups is 1. The molecule has 1 N–H and O–H groups in total. The summed E-state index contributed by atoms with van der Waals surface area (Å²) in [5.74, 6) is -0.456. The van der Waals surface area contributed by atoms with Crippen molar-refractivity contribution in [1.29, 1.82) is 0 Å². The van der Waals surface area contributed by atoms with E-state index in [1.807, 2.05) is 0 Å². The number of para-hydroxylation sites is 1. The van der Waals surface area contributed by atoms with Crippen molar-refractivity contribution in [3.05, 3.63) is 64.8 Å². The van der Waals surface area contributed by atoms with Gasteiger partial charge in [-0.3, -0.25) is 9.59 Å². The van der Waals surface area contributed by atoms with Gasteiger partial charge >= 0.3 is 0 Å². The topological polar surface area (TPSA) is 70.1 Å². The first-order valence-electron chi connectivity index (χ1n) is 8.33. The minimum absolute atomic E-state index is 0.155. The van der Waals surface area contributed by atoms with E-state index in [1.165, 1.54) is 7.11 Å². The lowest BCUT2D eigenvalue weighted by Gasteiger charge is -2.20. The lowest BCUT2D eigenvalue weighted by molar-refractivity contribution is -0.120. The number of rotatable bonds is 6. The van der Waals surface area contributed by atoms with Gasteiger partial charge in [-0.2, -0.15) is 0 Å². The molecular weight excluding hydrogens is 368 g/mol. The number of hydrogen-bond donors (Lipinski definition) is 1. The Morgan fingerprint density at radius 1 is 1.11 bits per heavy atom. The van der Waals surface area contributed by atoms with Gasteiger partial charge in [0.25, 0.3) is 11.8 Å². The molecule has 2 aromatic rings. The summed E-state index contributed by atoms with van der Waals surface area (Å²) in [4.78, 5) is 29.1. The normalized spacial score (nSPS) is 14.1. The molecule has 0 radical (unpaired) electrons. The zero-order chi connectivity index (χ0) is 19.6. The van der Waals surface area contributed by atoms with Gasteiger partial charge in [-0.05, 0) is 24.3 Å². The lowest BCUT2D eigenvalue weighted by Crippen LogP contribution is -2.34. The third-order valence-corrected chi connectivity index (χ3v) is 4.55. The maximum absolute atomic E-state index is 13.3. The molecule has 0 aromatic heterocycles. The summed E-state index contributed by atoms with van der Waals surface area (Å²) in [6, 6.07) is 13.6. The van der Waals surface area contributed by atoms with Crippen LogP contribution in [0.25, 0.3) is 5.57 Å². The van der Waals surface area contributed by atoms with Crippen LogP contribution in [0.3, 0.4) is 0 Å². The van der Waals surface area contributed by atoms with Crippen molar-refractivity contribution in [3.63, 3.8) is 0 Å². The highest BCUT2D eigenvalue weighted by molar-refractivity contribution is 6.46. The SMILES string of the molecule is COc1ccccc1C1=C(N(C)CCO)C(=O)N(c2cccc(Cl)c2)C1=O. The molecule has 27 heavy (non-hydrogen) atoms. The van der Waals surface area contributed by atoms with E-state index in [9.17, 15) is 14.7 Å². The van der Waals surface area contributed by atoms with Gasteiger partial charge in [0.05, 0.1) is 25.0 Å². The minimum atomic E-state index is -0.473. The quantitative estimate of drug-likeness (QED) is 0.773. The fraction of sp³-hybridized carbons (Fsp3) is 0.200. The number of ether oxygens (including phenoxy) is 1. The molecule has 2 aromatic carbocycles. The predicted molar refractivity (Wildman–Crippen MR) is 104 cm³/mol. The smallest absolute Gasteiger partial charge is 0.282 e. The van der Waals surface area contributed by atoms with Crippen LogP contribution in [0.5, 0.6) is 5.75 Å². The highest BCUT2D eigenvalue weighted by atomic mass is 35.5. The molecule has 2 amide bonds. The molecule has 1 aliphatic heterocycles. The van der Waals surface area contributed by atoms with Gasteiger partial charge < -0.3 is 14.7 Å². The first-order chi connectivity index (χ1) is 13.0. The summed E-state index contributed by atoms with van der Waals surface area (Å²) in [7, 11) is 3.17. The molecular formula is C20H19ClN2O4. The second kappa shape index (κ2) is 7.82. The Morgan fingerprint density at radius 3 is 2.52 bits per heavy atom. The molecule has 0 unspecified atom stereocenters. The summed E-state index contributed by atoms with van der Waals surface area (Å²) in [5, 5.41) is 9.73. The molecule has 0 fully saturated rings. The van der Waals surface area contributed by atoms with E-state index in [0.717, 1.165) is 4.90 Å². The Morgan fingerprint density at radius 2 is 1.85 bits per heavy atom. The van der Waals surface area contributed by atoms with E-state index in [1.54, 1.807) is 60.5 Å². The Hall–Kier alpha value is -2.83. The van der Waals surface area contributed by atoms with Crippen molar-refractivity contribution >= 4 is 34.7 Å². The summed E-state index contributed by atoms with van der Waals surface area (Å²) in [5.41, 5.74) is 1.34. The Kier molecular flexibility index (Phi) is 5.48. The lowest BCUT2D eigenvalue weighted by atomic mass is 10.0. The van der Waals surface area contributed by atoms with E-state index >= 15 is 0 Å². The molecule has 0 aliphatic carbocycles. The fourth-order valence-electron chi connectivity index (χ4n) is 3.08. The molecule has 1 aliphatic rings. The zero-order valence-electron chi connectivity index (χ0n) is 15.0. The van der Waals surface area contributed by atoms with E-state index in [2.05, 4.69) is 0 Å². The van der Waals surface area contributed by atoms with Crippen molar-refractivity contribution in [2.24, 2.45) is 0 Å². The fourth-order valence-corrected chi connectivity index (χ4v) is 3.26. The second-order valence-electron chi connectivity index (χ2n) is 5.99. The Balaban J connectivity index is 2.18. The number of anilines is 1. The van der Waals surface area contributed by atoms with Crippen LogP contribution in [0.15, 0.2) is 54.2 Å². The van der Waals surface area contributed by atoms with Gasteiger partial charge in [0.1, 0.15) is 11.4 Å². The molecule has 6 nitrogen and oxygen atoms in total. The molecule has 3 rings (SSSR count). The van der Waals surface area contributed by atoms with E-state index in [0.29, 0.717) is 22.0 Å². The Labute approximate surface area is 162 Å². The van der Waals surface area contributed by atoms with Crippen LogP contribution in [0.1, 0.15) is 5.56 Å². The van der Waals surface area contributed by atoms with Crippen molar-refractivity contribution in [2.45, 2.75) is 0 Å². The molecule has 0 saturated heterocycles. The number of imide groups is 1. The zero-order valence-corrected chi connectivity index (χ0v) is 15.7. The molecule has 140 valence electrons. The van der Waals surface area contributed by atoms with Gasteiger partial charge in [-0.15, -0.1) is 0 Å². The van der Waals surface area contributed by atoms with Gasteiger partial charge in [0, 0.05) is 24.2 Å². The van der Waals surface area contributed by atoms with E-state index in [-0.39, 0.29) is 24.4 Å². The average Bonchev–Trinajstić information content (AvgIpc) is 2.92. The van der Waals surface area contributed by atoms with Crippen LogP contribution in [0.2, 0.25) is 5.02 Å². The van der Waals surface area contributed by atoms with E-state index < -0.39 is 11.8 Å². The molecule has 1 heterocycles. The highest BCUT2D eigenvalue weighted by Gasteiger charge is 2.42. The van der Waals surface area contributed by atoms with Crippen LogP contribution < -0.4 is 9.64 Å². The standard InChI is InChI=1S/C20H19ClN2O4/c1-22(10-11-24)18-17(15-8-3-4-9-16(15)27-2)19(25)23(20(18)26)14-7-5-6-13(21)12-14/h3-9,12,24H,10-11H2,1-2H3. The van der Waals surface area contributed by atoms with E-state index in [4.69, 9.17) is 16.3 Å². The molecule has 0 atom stereocenters. The van der Waals surface area contributed by atoms with Crippen LogP contribution in [0.4, 0.5) is 5.69 Å². The monoisotopic (exact) mass is 386 g/mol. The predicted octanol–water partition coefficient (Wildman–Crippen LogP) is 2.56. The van der Waals surface area contributed by atoms with Crippen molar-refractivity contribution in [3.8, 4) is 5.75 Å². The van der Waals surface area contributed by atoms with Crippen molar-refractivity contribution in [2.75, 3.05) is 32.2 Å². The highest BCUT2D eigenvalue weighted by Crippen LogP contribution is 2.38. The first kappa shape index (κ1) is 18.9. The van der Waals surface area contributed by atoms with Crippen LogP contribution in [0, 0.1) is 0 Å². The number of benzene rings is 2. The molecule has 0 spiro atoms. The number of aliphatic hydroxyl groups excluding tert-OH is 1. The van der Waals surface area contributed by atoms with Gasteiger partial charge in [0.15, 0.2) is 0 Å². The van der Waals surface area contributed by atoms with Crippen LogP contribution in [-0.2, 0) is 9.59 Å². The average molecular weight is 387 g/mol. The van der Waals surface area contributed by atoms with Gasteiger partial charge in [-0.25, -0.2) is 4.90 Å². The molecule has 0 bridgehead atoms. The number of carbonyl (C=O) groups is 2. The largest absolute Gasteiger partial charge is 0.496 e. The summed E-state index contributed by atoms with van der Waals surface area (Å²) < 4.78 is 5.38. The van der Waals surface area contributed by atoms with Crippen LogP contribution >= 0.6 is 11.6 Å². The molecule has 7 heteroatoms. The summed E-state index contributed by atoms with van der Waals surface area (Å²) >= 11 is 6.04. The summed E-state index contributed by atoms with van der Waals surface area (Å²) in [6.45, 7) is 0.0498. The third-order valence-electron chi connectivity index (χ3n) is 4.32. The van der Waals surface area contributed by atoms with Crippen molar-refractivity contribution < 1.29 is 19.4 Å².